The highest BCUT2D eigenvalue weighted by Crippen LogP contribution is 2.18. The minimum atomic E-state index is 0.134. The molecule has 13 heavy (non-hydrogen) atoms. The van der Waals surface area contributed by atoms with E-state index in [4.69, 9.17) is 5.11 Å². The lowest BCUT2D eigenvalue weighted by Gasteiger charge is -2.16. The number of hydrogen-bond donors (Lipinski definition) is 1. The maximum atomic E-state index is 11.7. The molecule has 0 fully saturated rings. The lowest BCUT2D eigenvalue weighted by atomic mass is 9.88. The van der Waals surface area contributed by atoms with Gasteiger partial charge in [0.2, 0.25) is 0 Å². The summed E-state index contributed by atoms with van der Waals surface area (Å²) in [4.78, 5) is 11.7. The highest BCUT2D eigenvalue weighted by atomic mass is 16.2. The van der Waals surface area contributed by atoms with Gasteiger partial charge in [-0.15, -0.1) is 0 Å². The Labute approximate surface area is 81.3 Å². The summed E-state index contributed by atoms with van der Waals surface area (Å²) in [5.74, 6) is 0.669. The predicted octanol–water partition coefficient (Wildman–Crippen LogP) is 2.40. The molecule has 2 nitrogen and oxygen atoms in total. The van der Waals surface area contributed by atoms with Gasteiger partial charge in [-0.25, -0.2) is 0 Å². The van der Waals surface area contributed by atoms with Gasteiger partial charge in [0.1, 0.15) is 5.78 Å². The van der Waals surface area contributed by atoms with E-state index in [1.807, 2.05) is 13.8 Å². The average Bonchev–Trinajstić information content (AvgIpc) is 2.11. The van der Waals surface area contributed by atoms with E-state index in [2.05, 4.69) is 6.92 Å². The van der Waals surface area contributed by atoms with Crippen LogP contribution in [0.4, 0.5) is 0 Å². The number of Topliss-reactive ketones (excluding diaryl/α,β-unsaturated/α-hetero) is 1. The SMILES string of the molecule is CCCC(CCCO)C(=O)C(C)C. The van der Waals surface area contributed by atoms with Crippen molar-refractivity contribution in [2.45, 2.75) is 46.5 Å². The lowest BCUT2D eigenvalue weighted by Crippen LogP contribution is -2.20. The van der Waals surface area contributed by atoms with Crippen LogP contribution >= 0.6 is 0 Å². The fourth-order valence-electron chi connectivity index (χ4n) is 1.59. The van der Waals surface area contributed by atoms with Gasteiger partial charge in [-0.05, 0) is 19.3 Å². The number of hydrogen-bond acceptors (Lipinski definition) is 2. The number of rotatable bonds is 7. The summed E-state index contributed by atoms with van der Waals surface area (Å²) in [6.45, 7) is 6.19. The molecular weight excluding hydrogens is 164 g/mol. The van der Waals surface area contributed by atoms with Crippen LogP contribution in [0, 0.1) is 11.8 Å². The highest BCUT2D eigenvalue weighted by Gasteiger charge is 2.19. The average molecular weight is 186 g/mol. The van der Waals surface area contributed by atoms with Gasteiger partial charge in [-0.3, -0.25) is 4.79 Å². The summed E-state index contributed by atoms with van der Waals surface area (Å²) >= 11 is 0. The summed E-state index contributed by atoms with van der Waals surface area (Å²) in [6.07, 6.45) is 3.62. The van der Waals surface area contributed by atoms with Crippen molar-refractivity contribution in [1.82, 2.24) is 0 Å². The first-order valence-electron chi connectivity index (χ1n) is 5.28. The normalized spacial score (nSPS) is 13.3. The van der Waals surface area contributed by atoms with Crippen molar-refractivity contribution in [1.29, 1.82) is 0 Å². The van der Waals surface area contributed by atoms with E-state index in [9.17, 15) is 4.79 Å². The fourth-order valence-corrected chi connectivity index (χ4v) is 1.59. The molecule has 0 bridgehead atoms. The van der Waals surface area contributed by atoms with Crippen LogP contribution in [0.2, 0.25) is 0 Å². The number of carbonyl (C=O) groups excluding carboxylic acids is 1. The second-order valence-corrected chi connectivity index (χ2v) is 3.91. The predicted molar refractivity (Wildman–Crippen MR) is 54.6 cm³/mol. The summed E-state index contributed by atoms with van der Waals surface area (Å²) in [7, 11) is 0. The van der Waals surface area contributed by atoms with E-state index in [-0.39, 0.29) is 18.4 Å². The molecule has 0 rings (SSSR count). The van der Waals surface area contributed by atoms with E-state index in [0.29, 0.717) is 5.78 Å². The Morgan fingerprint density at radius 3 is 2.31 bits per heavy atom. The molecule has 0 radical (unpaired) electrons. The van der Waals surface area contributed by atoms with Gasteiger partial charge in [-0.1, -0.05) is 27.2 Å². The topological polar surface area (TPSA) is 37.3 Å². The molecule has 0 aliphatic carbocycles. The van der Waals surface area contributed by atoms with Gasteiger partial charge in [0.15, 0.2) is 0 Å². The molecule has 0 aromatic rings. The molecule has 0 heterocycles. The van der Waals surface area contributed by atoms with Crippen LogP contribution in [0.25, 0.3) is 0 Å². The summed E-state index contributed by atoms with van der Waals surface area (Å²) in [6, 6.07) is 0. The number of carbonyl (C=O) groups is 1. The van der Waals surface area contributed by atoms with Crippen molar-refractivity contribution in [3.8, 4) is 0 Å². The van der Waals surface area contributed by atoms with Crippen LogP contribution in [-0.2, 0) is 4.79 Å². The van der Waals surface area contributed by atoms with Gasteiger partial charge in [0.25, 0.3) is 0 Å². The van der Waals surface area contributed by atoms with Gasteiger partial charge < -0.3 is 5.11 Å². The van der Waals surface area contributed by atoms with E-state index in [1.54, 1.807) is 0 Å². The number of ketones is 1. The largest absolute Gasteiger partial charge is 0.396 e. The van der Waals surface area contributed by atoms with Gasteiger partial charge in [-0.2, -0.15) is 0 Å². The fraction of sp³-hybridized carbons (Fsp3) is 0.909. The monoisotopic (exact) mass is 186 g/mol. The molecule has 78 valence electrons. The van der Waals surface area contributed by atoms with Crippen molar-refractivity contribution >= 4 is 5.78 Å². The number of aliphatic hydroxyl groups is 1. The van der Waals surface area contributed by atoms with Gasteiger partial charge in [0.05, 0.1) is 0 Å². The third-order valence-electron chi connectivity index (χ3n) is 2.32. The van der Waals surface area contributed by atoms with E-state index in [1.165, 1.54) is 0 Å². The maximum absolute atomic E-state index is 11.7. The van der Waals surface area contributed by atoms with E-state index in [0.717, 1.165) is 25.7 Å². The minimum Gasteiger partial charge on any atom is -0.396 e. The Morgan fingerprint density at radius 1 is 1.31 bits per heavy atom. The van der Waals surface area contributed by atoms with Crippen LogP contribution in [0.3, 0.4) is 0 Å². The Bertz CT molecular complexity index is 141. The summed E-state index contributed by atoms with van der Waals surface area (Å²) in [5.41, 5.74) is 0. The van der Waals surface area contributed by atoms with Crippen molar-refractivity contribution in [3.05, 3.63) is 0 Å². The van der Waals surface area contributed by atoms with Crippen LogP contribution in [-0.4, -0.2) is 17.5 Å². The third-order valence-corrected chi connectivity index (χ3v) is 2.32. The third kappa shape index (κ3) is 5.04. The van der Waals surface area contributed by atoms with Crippen molar-refractivity contribution in [2.24, 2.45) is 11.8 Å². The van der Waals surface area contributed by atoms with E-state index >= 15 is 0 Å². The van der Waals surface area contributed by atoms with E-state index < -0.39 is 0 Å². The Kier molecular flexibility index (Phi) is 6.87. The molecule has 0 aliphatic rings. The van der Waals surface area contributed by atoms with Gasteiger partial charge in [0, 0.05) is 18.4 Å². The zero-order valence-corrected chi connectivity index (χ0v) is 9.05. The molecule has 0 saturated heterocycles. The number of aliphatic hydroxyl groups excluding tert-OH is 1. The second kappa shape index (κ2) is 7.07. The first kappa shape index (κ1) is 12.6. The molecule has 1 N–H and O–H groups in total. The molecule has 0 aromatic heterocycles. The molecule has 0 saturated carbocycles. The Hall–Kier alpha value is -0.370. The maximum Gasteiger partial charge on any atom is 0.138 e. The second-order valence-electron chi connectivity index (χ2n) is 3.91. The molecule has 0 spiro atoms. The lowest BCUT2D eigenvalue weighted by molar-refractivity contribution is -0.126. The molecule has 0 amide bonds. The standard InChI is InChI=1S/C11H22O2/c1-4-6-10(7-5-8-12)11(13)9(2)3/h9-10,12H,4-8H2,1-3H3. The first-order valence-corrected chi connectivity index (χ1v) is 5.28. The van der Waals surface area contributed by atoms with Crippen LogP contribution in [0.15, 0.2) is 0 Å². The molecular formula is C11H22O2. The quantitative estimate of drug-likeness (QED) is 0.663. The highest BCUT2D eigenvalue weighted by molar-refractivity contribution is 5.82. The molecule has 0 aliphatic heterocycles. The molecule has 1 atom stereocenters. The Morgan fingerprint density at radius 2 is 1.92 bits per heavy atom. The molecule has 2 heteroatoms. The first-order chi connectivity index (χ1) is 6.13. The zero-order valence-electron chi connectivity index (χ0n) is 9.05. The van der Waals surface area contributed by atoms with Crippen molar-refractivity contribution < 1.29 is 9.90 Å². The van der Waals surface area contributed by atoms with Crippen molar-refractivity contribution in [3.63, 3.8) is 0 Å². The summed E-state index contributed by atoms with van der Waals surface area (Å²) < 4.78 is 0. The van der Waals surface area contributed by atoms with Crippen LogP contribution in [0.5, 0.6) is 0 Å². The van der Waals surface area contributed by atoms with Crippen LogP contribution in [0.1, 0.15) is 46.5 Å². The zero-order chi connectivity index (χ0) is 10.3. The van der Waals surface area contributed by atoms with Gasteiger partial charge >= 0.3 is 0 Å². The minimum absolute atomic E-state index is 0.134. The Balaban J connectivity index is 3.99. The smallest absolute Gasteiger partial charge is 0.138 e. The van der Waals surface area contributed by atoms with Crippen molar-refractivity contribution in [2.75, 3.05) is 6.61 Å². The molecule has 1 unspecified atom stereocenters. The van der Waals surface area contributed by atoms with Crippen LogP contribution < -0.4 is 0 Å². The summed E-state index contributed by atoms with van der Waals surface area (Å²) in [5, 5.41) is 8.69. The molecule has 0 aromatic carbocycles.